The van der Waals surface area contributed by atoms with Crippen molar-refractivity contribution in [2.45, 2.75) is 51.6 Å². The number of rotatable bonds is 5. The topological polar surface area (TPSA) is 40.5 Å². The summed E-state index contributed by atoms with van der Waals surface area (Å²) < 4.78 is 0. The van der Waals surface area contributed by atoms with Gasteiger partial charge in [-0.15, -0.1) is 0 Å². The van der Waals surface area contributed by atoms with Crippen LogP contribution in [-0.2, 0) is 0 Å². The van der Waals surface area contributed by atoms with Crippen LogP contribution < -0.4 is 0 Å². The average Bonchev–Trinajstić information content (AvgIpc) is 2.48. The maximum atomic E-state index is 9.68. The molecule has 0 aromatic rings. The van der Waals surface area contributed by atoms with Gasteiger partial charge in [0.05, 0.1) is 6.10 Å². The molecule has 2 nitrogen and oxygen atoms in total. The van der Waals surface area contributed by atoms with Crippen LogP contribution in [0.2, 0.25) is 0 Å². The Morgan fingerprint density at radius 2 is 2.00 bits per heavy atom. The highest BCUT2D eigenvalue weighted by Crippen LogP contribution is 2.35. The Kier molecular flexibility index (Phi) is 4.74. The first kappa shape index (κ1) is 11.0. The summed E-state index contributed by atoms with van der Waals surface area (Å²) in [5.74, 6) is 0.739. The Bertz CT molecular complexity index is 136. The summed E-state index contributed by atoms with van der Waals surface area (Å²) in [6.45, 7) is 2.45. The zero-order chi connectivity index (χ0) is 9.68. The monoisotopic (exact) mass is 186 g/mol. The lowest BCUT2D eigenvalue weighted by Gasteiger charge is -2.20. The fourth-order valence-electron chi connectivity index (χ4n) is 2.41. The van der Waals surface area contributed by atoms with Crippen molar-refractivity contribution < 1.29 is 10.2 Å². The zero-order valence-electron chi connectivity index (χ0n) is 8.58. The van der Waals surface area contributed by atoms with Crippen molar-refractivity contribution >= 4 is 0 Å². The first-order valence-electron chi connectivity index (χ1n) is 5.58. The van der Waals surface area contributed by atoms with Crippen molar-refractivity contribution in [3.05, 3.63) is 0 Å². The number of aliphatic hydroxyl groups excluding tert-OH is 2. The molecule has 0 spiro atoms. The number of hydrogen-bond acceptors (Lipinski definition) is 2. The summed E-state index contributed by atoms with van der Waals surface area (Å²) >= 11 is 0. The van der Waals surface area contributed by atoms with Gasteiger partial charge < -0.3 is 10.2 Å². The van der Waals surface area contributed by atoms with Crippen LogP contribution >= 0.6 is 0 Å². The number of unbranched alkanes of at least 4 members (excludes halogenated alkanes) is 2. The van der Waals surface area contributed by atoms with Crippen molar-refractivity contribution in [2.75, 3.05) is 6.61 Å². The van der Waals surface area contributed by atoms with E-state index >= 15 is 0 Å². The minimum atomic E-state index is -0.144. The van der Waals surface area contributed by atoms with E-state index in [0.717, 1.165) is 19.3 Å². The molecule has 0 radical (unpaired) electrons. The van der Waals surface area contributed by atoms with Gasteiger partial charge in [0.2, 0.25) is 0 Å². The van der Waals surface area contributed by atoms with Gasteiger partial charge in [0.1, 0.15) is 0 Å². The number of hydrogen-bond donors (Lipinski definition) is 2. The zero-order valence-corrected chi connectivity index (χ0v) is 8.58. The van der Waals surface area contributed by atoms with Crippen LogP contribution in [0.15, 0.2) is 0 Å². The first-order valence-corrected chi connectivity index (χ1v) is 5.58. The molecule has 0 aliphatic heterocycles. The van der Waals surface area contributed by atoms with Crippen molar-refractivity contribution in [1.82, 2.24) is 0 Å². The molecular weight excluding hydrogens is 164 g/mol. The smallest absolute Gasteiger partial charge is 0.0572 e. The third-order valence-corrected chi connectivity index (χ3v) is 3.31. The summed E-state index contributed by atoms with van der Waals surface area (Å²) in [6, 6.07) is 0. The third-order valence-electron chi connectivity index (χ3n) is 3.31. The standard InChI is InChI=1S/C11H22O2/c1-2-3-4-5-10-9(8-12)6-7-11(10)13/h9-13H,2-8H2,1H3/t9-,10-,11+/m0/s1. The van der Waals surface area contributed by atoms with Crippen LogP contribution in [0.25, 0.3) is 0 Å². The normalized spacial score (nSPS) is 33.9. The van der Waals surface area contributed by atoms with Crippen molar-refractivity contribution in [3.8, 4) is 0 Å². The van der Waals surface area contributed by atoms with Gasteiger partial charge in [-0.1, -0.05) is 26.2 Å². The molecule has 2 N–H and O–H groups in total. The van der Waals surface area contributed by atoms with Gasteiger partial charge in [0.15, 0.2) is 0 Å². The maximum absolute atomic E-state index is 9.68. The van der Waals surface area contributed by atoms with Crippen LogP contribution in [0.4, 0.5) is 0 Å². The van der Waals surface area contributed by atoms with E-state index in [1.165, 1.54) is 19.3 Å². The average molecular weight is 186 g/mol. The van der Waals surface area contributed by atoms with E-state index in [1.807, 2.05) is 0 Å². The Morgan fingerprint density at radius 3 is 2.62 bits per heavy atom. The molecule has 1 fully saturated rings. The molecular formula is C11H22O2. The quantitative estimate of drug-likeness (QED) is 0.644. The predicted molar refractivity (Wildman–Crippen MR) is 53.4 cm³/mol. The lowest BCUT2D eigenvalue weighted by atomic mass is 9.90. The van der Waals surface area contributed by atoms with Crippen molar-refractivity contribution in [1.29, 1.82) is 0 Å². The van der Waals surface area contributed by atoms with E-state index in [-0.39, 0.29) is 12.7 Å². The lowest BCUT2D eigenvalue weighted by Crippen LogP contribution is -2.21. The second-order valence-corrected chi connectivity index (χ2v) is 4.25. The predicted octanol–water partition coefficient (Wildman–Crippen LogP) is 1.95. The van der Waals surface area contributed by atoms with E-state index in [0.29, 0.717) is 11.8 Å². The summed E-state index contributed by atoms with van der Waals surface area (Å²) in [4.78, 5) is 0. The molecule has 1 aliphatic rings. The molecule has 1 rings (SSSR count). The second-order valence-electron chi connectivity index (χ2n) is 4.25. The van der Waals surface area contributed by atoms with Crippen LogP contribution in [-0.4, -0.2) is 22.9 Å². The molecule has 78 valence electrons. The molecule has 13 heavy (non-hydrogen) atoms. The Hall–Kier alpha value is -0.0800. The largest absolute Gasteiger partial charge is 0.396 e. The van der Waals surface area contributed by atoms with Crippen LogP contribution in [0.5, 0.6) is 0 Å². The van der Waals surface area contributed by atoms with E-state index in [9.17, 15) is 5.11 Å². The molecule has 0 saturated heterocycles. The SMILES string of the molecule is CCCCC[C@H]1[C@H](CO)CC[C@H]1O. The van der Waals surface area contributed by atoms with Crippen LogP contribution in [0, 0.1) is 11.8 Å². The van der Waals surface area contributed by atoms with E-state index in [2.05, 4.69) is 6.92 Å². The van der Waals surface area contributed by atoms with Gasteiger partial charge in [-0.2, -0.15) is 0 Å². The molecule has 0 heterocycles. The van der Waals surface area contributed by atoms with E-state index < -0.39 is 0 Å². The second kappa shape index (κ2) is 5.61. The Balaban J connectivity index is 2.27. The molecule has 1 saturated carbocycles. The Labute approximate surface area is 81.0 Å². The molecule has 0 bridgehead atoms. The minimum Gasteiger partial charge on any atom is -0.396 e. The van der Waals surface area contributed by atoms with Gasteiger partial charge in [0.25, 0.3) is 0 Å². The maximum Gasteiger partial charge on any atom is 0.0572 e. The summed E-state index contributed by atoms with van der Waals surface area (Å²) in [5.41, 5.74) is 0. The molecule has 0 aromatic heterocycles. The minimum absolute atomic E-state index is 0.144. The Morgan fingerprint density at radius 1 is 1.23 bits per heavy atom. The summed E-state index contributed by atoms with van der Waals surface area (Å²) in [5, 5.41) is 18.8. The fourth-order valence-corrected chi connectivity index (χ4v) is 2.41. The van der Waals surface area contributed by atoms with E-state index in [1.54, 1.807) is 0 Å². The van der Waals surface area contributed by atoms with Gasteiger partial charge in [-0.3, -0.25) is 0 Å². The molecule has 0 aromatic carbocycles. The van der Waals surface area contributed by atoms with Crippen molar-refractivity contribution in [3.63, 3.8) is 0 Å². The molecule has 2 heteroatoms. The molecule has 1 aliphatic carbocycles. The highest BCUT2D eigenvalue weighted by atomic mass is 16.3. The van der Waals surface area contributed by atoms with Gasteiger partial charge in [-0.05, 0) is 31.1 Å². The third kappa shape index (κ3) is 2.96. The van der Waals surface area contributed by atoms with Crippen molar-refractivity contribution in [2.24, 2.45) is 11.8 Å². The fraction of sp³-hybridized carbons (Fsp3) is 1.00. The van der Waals surface area contributed by atoms with Crippen LogP contribution in [0.1, 0.15) is 45.4 Å². The molecule has 0 unspecified atom stereocenters. The first-order chi connectivity index (χ1) is 6.29. The van der Waals surface area contributed by atoms with Gasteiger partial charge in [-0.25, -0.2) is 0 Å². The lowest BCUT2D eigenvalue weighted by molar-refractivity contribution is 0.0905. The summed E-state index contributed by atoms with van der Waals surface area (Å²) in [6.07, 6.45) is 6.54. The molecule has 0 amide bonds. The summed E-state index contributed by atoms with van der Waals surface area (Å²) in [7, 11) is 0. The van der Waals surface area contributed by atoms with Gasteiger partial charge in [0, 0.05) is 6.61 Å². The van der Waals surface area contributed by atoms with E-state index in [4.69, 9.17) is 5.11 Å². The highest BCUT2D eigenvalue weighted by Gasteiger charge is 2.33. The van der Waals surface area contributed by atoms with Crippen LogP contribution in [0.3, 0.4) is 0 Å². The number of aliphatic hydroxyl groups is 2. The molecule has 3 atom stereocenters. The van der Waals surface area contributed by atoms with Gasteiger partial charge >= 0.3 is 0 Å². The highest BCUT2D eigenvalue weighted by molar-refractivity contribution is 4.83.